The van der Waals surface area contributed by atoms with Crippen molar-refractivity contribution >= 4 is 11.6 Å². The van der Waals surface area contributed by atoms with Crippen molar-refractivity contribution in [3.63, 3.8) is 0 Å². The predicted molar refractivity (Wildman–Crippen MR) is 103 cm³/mol. The molecule has 0 radical (unpaired) electrons. The molecule has 140 valence electrons. The van der Waals surface area contributed by atoms with Gasteiger partial charge in [0.2, 0.25) is 0 Å². The van der Waals surface area contributed by atoms with E-state index in [9.17, 15) is 4.79 Å². The van der Waals surface area contributed by atoms with E-state index in [4.69, 9.17) is 0 Å². The van der Waals surface area contributed by atoms with Gasteiger partial charge in [-0.2, -0.15) is 0 Å². The number of quaternary nitrogens is 1. The smallest absolute Gasteiger partial charge is 0.275 e. The summed E-state index contributed by atoms with van der Waals surface area (Å²) in [4.78, 5) is 16.7. The van der Waals surface area contributed by atoms with Crippen LogP contribution in [0.15, 0.2) is 30.3 Å². The highest BCUT2D eigenvalue weighted by atomic mass is 16.2. The lowest BCUT2D eigenvalue weighted by atomic mass is 9.53. The molecule has 0 spiro atoms. The van der Waals surface area contributed by atoms with E-state index in [1.807, 2.05) is 0 Å². The van der Waals surface area contributed by atoms with Gasteiger partial charge in [-0.1, -0.05) is 18.2 Å². The highest BCUT2D eigenvalue weighted by Crippen LogP contribution is 2.55. The molecule has 0 atom stereocenters. The van der Waals surface area contributed by atoms with Crippen LogP contribution in [-0.4, -0.2) is 44.2 Å². The fraction of sp³-hybridized carbons (Fsp3) is 0.682. The molecule has 4 saturated carbocycles. The Bertz CT molecular complexity index is 615. The molecule has 2 N–H and O–H groups in total. The molecular weight excluding hydrogens is 322 g/mol. The standard InChI is InChI=1S/C22H31N3O/c26-21(23-22-13-17-10-18(14-22)12-19(11-17)15-22)16-24-6-8-25(9-7-24)20-4-2-1-3-5-20/h1-5,17-19H,6-16H2,(H,23,26)/p+1. The lowest BCUT2D eigenvalue weighted by Gasteiger charge is -2.56. The summed E-state index contributed by atoms with van der Waals surface area (Å²) in [5, 5.41) is 3.54. The second-order valence-electron chi connectivity index (χ2n) is 9.50. The van der Waals surface area contributed by atoms with Crippen molar-refractivity contribution in [3.8, 4) is 0 Å². The van der Waals surface area contributed by atoms with Crippen molar-refractivity contribution in [2.45, 2.75) is 44.1 Å². The van der Waals surface area contributed by atoms with Crippen LogP contribution in [0.25, 0.3) is 0 Å². The number of benzene rings is 1. The van der Waals surface area contributed by atoms with Crippen LogP contribution in [-0.2, 0) is 4.79 Å². The molecule has 5 fully saturated rings. The number of hydrogen-bond acceptors (Lipinski definition) is 2. The van der Waals surface area contributed by atoms with Gasteiger partial charge in [-0.25, -0.2) is 0 Å². The minimum atomic E-state index is 0.164. The topological polar surface area (TPSA) is 36.8 Å². The number of carbonyl (C=O) groups is 1. The Morgan fingerprint density at radius 1 is 1.00 bits per heavy atom. The van der Waals surface area contributed by atoms with Crippen molar-refractivity contribution in [3.05, 3.63) is 30.3 Å². The molecule has 4 aliphatic carbocycles. The summed E-state index contributed by atoms with van der Waals surface area (Å²) in [7, 11) is 0. The SMILES string of the molecule is O=C(C[NH+]1CCN(c2ccccc2)CC1)NC12CC3CC(CC(C3)C1)C2. The van der Waals surface area contributed by atoms with Crippen LogP contribution in [0.4, 0.5) is 5.69 Å². The number of nitrogens with one attached hydrogen (secondary N) is 2. The van der Waals surface area contributed by atoms with E-state index in [1.54, 1.807) is 0 Å². The van der Waals surface area contributed by atoms with Gasteiger partial charge in [0.05, 0.1) is 26.2 Å². The van der Waals surface area contributed by atoms with E-state index in [0.29, 0.717) is 12.5 Å². The van der Waals surface area contributed by atoms with E-state index in [0.717, 1.165) is 43.9 Å². The third-order valence-electron chi connectivity index (χ3n) is 7.45. The van der Waals surface area contributed by atoms with E-state index in [2.05, 4.69) is 40.5 Å². The number of piperazine rings is 1. The molecule has 1 aromatic carbocycles. The van der Waals surface area contributed by atoms with Gasteiger partial charge in [0, 0.05) is 11.2 Å². The molecule has 1 heterocycles. The normalized spacial score (nSPS) is 36.3. The second-order valence-corrected chi connectivity index (χ2v) is 9.50. The molecule has 6 rings (SSSR count). The maximum Gasteiger partial charge on any atom is 0.275 e. The van der Waals surface area contributed by atoms with E-state index >= 15 is 0 Å². The average Bonchev–Trinajstić information content (AvgIpc) is 2.61. The number of rotatable bonds is 4. The Kier molecular flexibility index (Phi) is 4.19. The molecular formula is C22H32N3O+. The molecule has 5 aliphatic rings. The molecule has 4 heteroatoms. The molecule has 1 saturated heterocycles. The maximum atomic E-state index is 12.8. The summed E-state index contributed by atoms with van der Waals surface area (Å²) >= 11 is 0. The number of amides is 1. The van der Waals surface area contributed by atoms with Crippen molar-refractivity contribution in [2.75, 3.05) is 37.6 Å². The van der Waals surface area contributed by atoms with E-state index in [1.165, 1.54) is 49.1 Å². The van der Waals surface area contributed by atoms with Crippen LogP contribution in [0.1, 0.15) is 38.5 Å². The average molecular weight is 355 g/mol. The molecule has 1 amide bonds. The quantitative estimate of drug-likeness (QED) is 0.859. The monoisotopic (exact) mass is 354 g/mol. The van der Waals surface area contributed by atoms with Crippen LogP contribution >= 0.6 is 0 Å². The Labute approximate surface area is 156 Å². The zero-order valence-corrected chi connectivity index (χ0v) is 15.8. The molecule has 1 aliphatic heterocycles. The van der Waals surface area contributed by atoms with E-state index in [-0.39, 0.29) is 5.54 Å². The number of carbonyl (C=O) groups excluding carboxylic acids is 1. The lowest BCUT2D eigenvalue weighted by Crippen LogP contribution is -3.16. The largest absolute Gasteiger partial charge is 0.360 e. The van der Waals surface area contributed by atoms with Gasteiger partial charge in [-0.05, 0) is 68.4 Å². The summed E-state index contributed by atoms with van der Waals surface area (Å²) in [6.07, 6.45) is 8.05. The highest BCUT2D eigenvalue weighted by molar-refractivity contribution is 5.77. The van der Waals surface area contributed by atoms with Gasteiger partial charge in [0.15, 0.2) is 6.54 Å². The first-order valence-corrected chi connectivity index (χ1v) is 10.6. The third kappa shape index (κ3) is 3.24. The fourth-order valence-corrected chi connectivity index (χ4v) is 6.73. The maximum absolute atomic E-state index is 12.8. The summed E-state index contributed by atoms with van der Waals surface area (Å²) < 4.78 is 0. The fourth-order valence-electron chi connectivity index (χ4n) is 6.73. The molecule has 4 bridgehead atoms. The summed E-state index contributed by atoms with van der Waals surface area (Å²) in [6.45, 7) is 4.87. The Balaban J connectivity index is 1.14. The van der Waals surface area contributed by atoms with Crippen LogP contribution in [0.5, 0.6) is 0 Å². The number of hydrogen-bond donors (Lipinski definition) is 2. The number of nitrogens with zero attached hydrogens (tertiary/aromatic N) is 1. The predicted octanol–water partition coefficient (Wildman–Crippen LogP) is 1.48. The van der Waals surface area contributed by atoms with Gasteiger partial charge in [-0.3, -0.25) is 4.79 Å². The van der Waals surface area contributed by atoms with Crippen LogP contribution in [0.2, 0.25) is 0 Å². The third-order valence-corrected chi connectivity index (χ3v) is 7.45. The first kappa shape index (κ1) is 16.6. The van der Waals surface area contributed by atoms with Crippen LogP contribution < -0.4 is 15.1 Å². The first-order chi connectivity index (χ1) is 12.7. The summed E-state index contributed by atoms with van der Waals surface area (Å²) in [5.41, 5.74) is 1.47. The summed E-state index contributed by atoms with van der Waals surface area (Å²) in [5.74, 6) is 2.98. The van der Waals surface area contributed by atoms with Gasteiger partial charge >= 0.3 is 0 Å². The number of para-hydroxylation sites is 1. The van der Waals surface area contributed by atoms with Gasteiger partial charge in [-0.15, -0.1) is 0 Å². The Hall–Kier alpha value is -1.55. The van der Waals surface area contributed by atoms with Crippen LogP contribution in [0.3, 0.4) is 0 Å². The van der Waals surface area contributed by atoms with Crippen molar-refractivity contribution < 1.29 is 9.69 Å². The highest BCUT2D eigenvalue weighted by Gasteiger charge is 2.51. The van der Waals surface area contributed by atoms with Crippen molar-refractivity contribution in [1.82, 2.24) is 5.32 Å². The first-order valence-electron chi connectivity index (χ1n) is 10.6. The summed E-state index contributed by atoms with van der Waals surface area (Å²) in [6, 6.07) is 10.6. The minimum Gasteiger partial charge on any atom is -0.360 e. The lowest BCUT2D eigenvalue weighted by molar-refractivity contribution is -0.892. The number of anilines is 1. The van der Waals surface area contributed by atoms with Crippen molar-refractivity contribution in [1.29, 1.82) is 0 Å². The molecule has 4 nitrogen and oxygen atoms in total. The van der Waals surface area contributed by atoms with Crippen molar-refractivity contribution in [2.24, 2.45) is 17.8 Å². The van der Waals surface area contributed by atoms with Crippen LogP contribution in [0, 0.1) is 17.8 Å². The molecule has 0 unspecified atom stereocenters. The van der Waals surface area contributed by atoms with E-state index < -0.39 is 0 Å². The minimum absolute atomic E-state index is 0.164. The Morgan fingerprint density at radius 3 is 2.15 bits per heavy atom. The zero-order valence-electron chi connectivity index (χ0n) is 15.8. The van der Waals surface area contributed by atoms with Gasteiger partial charge in [0.25, 0.3) is 5.91 Å². The molecule has 26 heavy (non-hydrogen) atoms. The Morgan fingerprint density at radius 2 is 1.58 bits per heavy atom. The van der Waals surface area contributed by atoms with Gasteiger partial charge < -0.3 is 15.1 Å². The second kappa shape index (κ2) is 6.56. The van der Waals surface area contributed by atoms with Gasteiger partial charge in [0.1, 0.15) is 0 Å². The zero-order chi connectivity index (χ0) is 17.6. The molecule has 1 aromatic rings. The molecule has 0 aromatic heterocycles.